The number of aliphatic hydroxyl groups excluding tert-OH is 1. The van der Waals surface area contributed by atoms with Gasteiger partial charge in [-0.25, -0.2) is 0 Å². The third kappa shape index (κ3) is 3.68. The maximum Gasteiger partial charge on any atom is 0.169 e. The van der Waals surface area contributed by atoms with Crippen molar-refractivity contribution in [2.24, 2.45) is 0 Å². The Morgan fingerprint density at radius 3 is 2.45 bits per heavy atom. The highest BCUT2D eigenvalue weighted by molar-refractivity contribution is 5.66. The van der Waals surface area contributed by atoms with Gasteiger partial charge in [0.1, 0.15) is 6.61 Å². The number of hydrogen-bond acceptors (Lipinski definition) is 3. The summed E-state index contributed by atoms with van der Waals surface area (Å²) in [7, 11) is 1.62. The van der Waals surface area contributed by atoms with Gasteiger partial charge < -0.3 is 14.6 Å². The van der Waals surface area contributed by atoms with Gasteiger partial charge in [-0.2, -0.15) is 0 Å². The van der Waals surface area contributed by atoms with Crippen LogP contribution < -0.4 is 9.47 Å². The molecule has 2 aromatic rings. The summed E-state index contributed by atoms with van der Waals surface area (Å²) >= 11 is 0. The lowest BCUT2D eigenvalue weighted by Gasteiger charge is -2.18. The van der Waals surface area contributed by atoms with Crippen molar-refractivity contribution in [3.8, 4) is 11.5 Å². The van der Waals surface area contributed by atoms with Crippen LogP contribution in [0.2, 0.25) is 0 Å². The molecule has 0 aliphatic carbocycles. The molecule has 0 aliphatic heterocycles. The molecular formula is C19H22O3. The van der Waals surface area contributed by atoms with Crippen LogP contribution in [0, 0.1) is 0 Å². The number of hydrogen-bond donors (Lipinski definition) is 1. The Morgan fingerprint density at radius 1 is 1.14 bits per heavy atom. The van der Waals surface area contributed by atoms with Gasteiger partial charge in [0.05, 0.1) is 13.2 Å². The Balaban J connectivity index is 2.40. The topological polar surface area (TPSA) is 38.7 Å². The van der Waals surface area contributed by atoms with E-state index >= 15 is 0 Å². The summed E-state index contributed by atoms with van der Waals surface area (Å²) in [6.07, 6.45) is 3.29. The molecular weight excluding hydrogens is 276 g/mol. The lowest BCUT2D eigenvalue weighted by atomic mass is 10.0. The molecule has 3 nitrogen and oxygen atoms in total. The zero-order valence-corrected chi connectivity index (χ0v) is 13.2. The van der Waals surface area contributed by atoms with Gasteiger partial charge in [0.25, 0.3) is 0 Å². The normalized spacial score (nSPS) is 12.4. The van der Waals surface area contributed by atoms with Crippen LogP contribution >= 0.6 is 0 Å². The van der Waals surface area contributed by atoms with E-state index in [-0.39, 0.29) is 0 Å². The van der Waals surface area contributed by atoms with Crippen LogP contribution in [0.3, 0.4) is 0 Å². The second-order valence-corrected chi connectivity index (χ2v) is 5.05. The minimum absolute atomic E-state index is 0.449. The lowest BCUT2D eigenvalue weighted by molar-refractivity contribution is 0.197. The number of benzene rings is 2. The van der Waals surface area contributed by atoms with Gasteiger partial charge in [-0.15, -0.1) is 0 Å². The van der Waals surface area contributed by atoms with Crippen LogP contribution in [0.15, 0.2) is 48.5 Å². The largest absolute Gasteiger partial charge is 0.493 e. The minimum Gasteiger partial charge on any atom is -0.493 e. The quantitative estimate of drug-likeness (QED) is 0.861. The number of rotatable bonds is 6. The van der Waals surface area contributed by atoms with Gasteiger partial charge in [-0.3, -0.25) is 0 Å². The molecule has 0 unspecified atom stereocenters. The lowest BCUT2D eigenvalue weighted by Crippen LogP contribution is -2.03. The van der Waals surface area contributed by atoms with Gasteiger partial charge in [0.15, 0.2) is 11.5 Å². The van der Waals surface area contributed by atoms with E-state index in [4.69, 9.17) is 9.47 Å². The highest BCUT2D eigenvalue weighted by Crippen LogP contribution is 2.37. The monoisotopic (exact) mass is 298 g/mol. The summed E-state index contributed by atoms with van der Waals surface area (Å²) in [5.74, 6) is 1.32. The summed E-state index contributed by atoms with van der Waals surface area (Å²) in [6, 6.07) is 13.7. The van der Waals surface area contributed by atoms with Gasteiger partial charge >= 0.3 is 0 Å². The molecule has 0 fully saturated rings. The van der Waals surface area contributed by atoms with Crippen molar-refractivity contribution in [1.82, 2.24) is 0 Å². The summed E-state index contributed by atoms with van der Waals surface area (Å²) < 4.78 is 11.4. The van der Waals surface area contributed by atoms with E-state index in [1.165, 1.54) is 0 Å². The fourth-order valence-electron chi connectivity index (χ4n) is 2.34. The number of ether oxygens (including phenoxy) is 2. The van der Waals surface area contributed by atoms with Crippen LogP contribution in [0.1, 0.15) is 36.6 Å². The third-order valence-electron chi connectivity index (χ3n) is 3.42. The van der Waals surface area contributed by atoms with Gasteiger partial charge in [0, 0.05) is 5.56 Å². The molecule has 3 heteroatoms. The molecule has 0 spiro atoms. The first-order valence-corrected chi connectivity index (χ1v) is 7.35. The van der Waals surface area contributed by atoms with Crippen LogP contribution in [-0.4, -0.2) is 12.2 Å². The minimum atomic E-state index is -0.573. The average molecular weight is 298 g/mol. The van der Waals surface area contributed by atoms with Gasteiger partial charge in [0.2, 0.25) is 0 Å². The van der Waals surface area contributed by atoms with Gasteiger partial charge in [-0.05, 0) is 31.0 Å². The zero-order valence-electron chi connectivity index (χ0n) is 13.2. The first-order valence-electron chi connectivity index (χ1n) is 7.35. The first-order chi connectivity index (χ1) is 10.7. The zero-order chi connectivity index (χ0) is 15.9. The molecule has 0 saturated carbocycles. The maximum atomic E-state index is 9.97. The molecule has 116 valence electrons. The predicted octanol–water partition coefficient (Wildman–Crippen LogP) is 4.36. The van der Waals surface area contributed by atoms with Crippen molar-refractivity contribution >= 4 is 6.08 Å². The molecule has 0 heterocycles. The van der Waals surface area contributed by atoms with Crippen molar-refractivity contribution < 1.29 is 14.6 Å². The fraction of sp³-hybridized carbons (Fsp3) is 0.263. The van der Waals surface area contributed by atoms with E-state index in [0.717, 1.165) is 16.7 Å². The Bertz CT molecular complexity index is 631. The maximum absolute atomic E-state index is 9.97. The Kier molecular flexibility index (Phi) is 5.61. The average Bonchev–Trinajstić information content (AvgIpc) is 2.54. The van der Waals surface area contributed by atoms with Gasteiger partial charge in [-0.1, -0.05) is 48.6 Å². The molecule has 1 atom stereocenters. The molecule has 2 rings (SSSR count). The van der Waals surface area contributed by atoms with Crippen LogP contribution in [0.4, 0.5) is 0 Å². The van der Waals surface area contributed by atoms with Crippen LogP contribution in [-0.2, 0) is 6.61 Å². The van der Waals surface area contributed by atoms with Crippen molar-refractivity contribution in [3.63, 3.8) is 0 Å². The number of allylic oxidation sites excluding steroid dienone is 1. The summed E-state index contributed by atoms with van der Waals surface area (Å²) in [6.45, 7) is 4.13. The summed E-state index contributed by atoms with van der Waals surface area (Å²) in [5, 5.41) is 9.97. The van der Waals surface area contributed by atoms with E-state index in [1.807, 2.05) is 61.5 Å². The molecule has 0 aromatic heterocycles. The Morgan fingerprint density at radius 2 is 1.86 bits per heavy atom. The molecule has 0 bridgehead atoms. The Hall–Kier alpha value is -2.26. The number of methoxy groups -OCH3 is 1. The van der Waals surface area contributed by atoms with E-state index in [0.29, 0.717) is 18.1 Å². The van der Waals surface area contributed by atoms with Crippen molar-refractivity contribution in [3.05, 3.63) is 65.2 Å². The summed E-state index contributed by atoms with van der Waals surface area (Å²) in [5.41, 5.74) is 2.76. The van der Waals surface area contributed by atoms with Crippen molar-refractivity contribution in [1.29, 1.82) is 0 Å². The molecule has 1 N–H and O–H groups in total. The molecule has 0 radical (unpaired) electrons. The molecule has 0 saturated heterocycles. The molecule has 0 amide bonds. The second kappa shape index (κ2) is 7.66. The van der Waals surface area contributed by atoms with E-state index in [9.17, 15) is 5.11 Å². The molecule has 2 aromatic carbocycles. The summed E-state index contributed by atoms with van der Waals surface area (Å²) in [4.78, 5) is 0. The number of aliphatic hydroxyl groups is 1. The predicted molar refractivity (Wildman–Crippen MR) is 89.1 cm³/mol. The molecule has 0 aliphatic rings. The molecule has 22 heavy (non-hydrogen) atoms. The SMILES string of the molecule is C/C=C/c1c([C@@H](C)O)ccc(OC)c1OCc1ccccc1. The second-order valence-electron chi connectivity index (χ2n) is 5.05. The smallest absolute Gasteiger partial charge is 0.169 e. The van der Waals surface area contributed by atoms with Crippen molar-refractivity contribution in [2.75, 3.05) is 7.11 Å². The van der Waals surface area contributed by atoms with Crippen LogP contribution in [0.25, 0.3) is 6.08 Å². The van der Waals surface area contributed by atoms with Crippen molar-refractivity contribution in [2.45, 2.75) is 26.6 Å². The standard InChI is InChI=1S/C19H22O3/c1-4-8-17-16(14(2)20)11-12-18(21-3)19(17)22-13-15-9-6-5-7-10-15/h4-12,14,20H,13H2,1-3H3/b8-4+/t14-/m1/s1. The third-order valence-corrected chi connectivity index (χ3v) is 3.42. The van der Waals surface area contributed by atoms with E-state index in [1.54, 1.807) is 14.0 Å². The first kappa shape index (κ1) is 16.1. The van der Waals surface area contributed by atoms with E-state index < -0.39 is 6.10 Å². The highest BCUT2D eigenvalue weighted by Gasteiger charge is 2.16. The Labute approximate surface area is 131 Å². The highest BCUT2D eigenvalue weighted by atomic mass is 16.5. The van der Waals surface area contributed by atoms with Crippen LogP contribution in [0.5, 0.6) is 11.5 Å². The van der Waals surface area contributed by atoms with E-state index in [2.05, 4.69) is 0 Å². The fourth-order valence-corrected chi connectivity index (χ4v) is 2.34.